The number of nitrogens with one attached hydrogen (secondary N) is 2. The third-order valence-corrected chi connectivity index (χ3v) is 3.26. The highest BCUT2D eigenvalue weighted by Gasteiger charge is 2.21. The van der Waals surface area contributed by atoms with Crippen LogP contribution < -0.4 is 10.6 Å². The summed E-state index contributed by atoms with van der Waals surface area (Å²) in [7, 11) is 0. The number of nitrogens with zero attached hydrogens (tertiary/aromatic N) is 1. The van der Waals surface area contributed by atoms with E-state index in [2.05, 4.69) is 15.6 Å². The van der Waals surface area contributed by atoms with Crippen LogP contribution in [-0.2, 0) is 0 Å². The van der Waals surface area contributed by atoms with Gasteiger partial charge in [0.25, 0.3) is 5.91 Å². The topological polar surface area (TPSA) is 54.0 Å². The molecular weight excluding hydrogens is 250 g/mol. The van der Waals surface area contributed by atoms with E-state index in [9.17, 15) is 4.79 Å². The van der Waals surface area contributed by atoms with Crippen LogP contribution in [0, 0.1) is 6.92 Å². The molecule has 1 aromatic carbocycles. The van der Waals surface area contributed by atoms with Gasteiger partial charge >= 0.3 is 0 Å². The lowest BCUT2D eigenvalue weighted by Crippen LogP contribution is -2.12. The van der Waals surface area contributed by atoms with Gasteiger partial charge in [-0.25, -0.2) is 4.98 Å². The van der Waals surface area contributed by atoms with E-state index < -0.39 is 0 Å². The Kier molecular flexibility index (Phi) is 3.37. The average Bonchev–Trinajstić information content (AvgIpc) is 3.26. The van der Waals surface area contributed by atoms with Gasteiger partial charge in [0.15, 0.2) is 0 Å². The molecule has 2 aromatic rings. The number of aromatic nitrogens is 1. The third kappa shape index (κ3) is 3.15. The predicted molar refractivity (Wildman–Crippen MR) is 80.0 cm³/mol. The summed E-state index contributed by atoms with van der Waals surface area (Å²) in [6, 6.07) is 11.8. The number of carbonyl (C=O) groups is 1. The van der Waals surface area contributed by atoms with E-state index in [0.29, 0.717) is 17.3 Å². The van der Waals surface area contributed by atoms with E-state index in [1.807, 2.05) is 43.3 Å². The standard InChI is InChI=1S/C16H17N3O/c1-11-2-4-12(5-3-11)16(20)19-14-8-9-15(17-10-14)18-13-6-7-13/h2-5,8-10,13H,6-7H2,1H3,(H,17,18)(H,19,20). The molecule has 0 atom stereocenters. The Morgan fingerprint density at radius 3 is 2.50 bits per heavy atom. The molecule has 0 spiro atoms. The summed E-state index contributed by atoms with van der Waals surface area (Å²) >= 11 is 0. The minimum atomic E-state index is -0.116. The lowest BCUT2D eigenvalue weighted by molar-refractivity contribution is 0.102. The second-order valence-corrected chi connectivity index (χ2v) is 5.17. The van der Waals surface area contributed by atoms with Crippen molar-refractivity contribution in [3.05, 3.63) is 53.7 Å². The summed E-state index contributed by atoms with van der Waals surface area (Å²) in [4.78, 5) is 16.3. The highest BCUT2D eigenvalue weighted by Crippen LogP contribution is 2.24. The minimum absolute atomic E-state index is 0.116. The van der Waals surface area contributed by atoms with Gasteiger partial charge in [0.1, 0.15) is 5.82 Å². The normalized spacial score (nSPS) is 13.8. The Morgan fingerprint density at radius 1 is 1.15 bits per heavy atom. The van der Waals surface area contributed by atoms with Crippen LogP contribution in [0.1, 0.15) is 28.8 Å². The Hall–Kier alpha value is -2.36. The molecule has 3 rings (SSSR count). The van der Waals surface area contributed by atoms with Gasteiger partial charge in [-0.3, -0.25) is 4.79 Å². The molecule has 1 amide bonds. The van der Waals surface area contributed by atoms with Gasteiger partial charge in [-0.15, -0.1) is 0 Å². The van der Waals surface area contributed by atoms with Gasteiger partial charge in [0.05, 0.1) is 11.9 Å². The number of pyridine rings is 1. The van der Waals surface area contributed by atoms with Crippen LogP contribution in [0.15, 0.2) is 42.6 Å². The second-order valence-electron chi connectivity index (χ2n) is 5.17. The molecule has 0 radical (unpaired) electrons. The molecule has 2 N–H and O–H groups in total. The van der Waals surface area contributed by atoms with E-state index in [1.54, 1.807) is 6.20 Å². The number of anilines is 2. The Morgan fingerprint density at radius 2 is 1.90 bits per heavy atom. The second kappa shape index (κ2) is 5.33. The van der Waals surface area contributed by atoms with E-state index in [4.69, 9.17) is 0 Å². The molecule has 1 saturated carbocycles. The summed E-state index contributed by atoms with van der Waals surface area (Å²) in [5.41, 5.74) is 2.49. The molecule has 20 heavy (non-hydrogen) atoms. The van der Waals surface area contributed by atoms with Crippen molar-refractivity contribution >= 4 is 17.4 Å². The van der Waals surface area contributed by atoms with Crippen molar-refractivity contribution in [2.24, 2.45) is 0 Å². The highest BCUT2D eigenvalue weighted by atomic mass is 16.1. The molecule has 1 aliphatic rings. The van der Waals surface area contributed by atoms with Crippen molar-refractivity contribution in [2.75, 3.05) is 10.6 Å². The Balaban J connectivity index is 1.64. The third-order valence-electron chi connectivity index (χ3n) is 3.26. The molecular formula is C16H17N3O. The van der Waals surface area contributed by atoms with Gasteiger partial charge in [-0.05, 0) is 44.0 Å². The SMILES string of the molecule is Cc1ccc(C(=O)Nc2ccc(NC3CC3)nc2)cc1. The van der Waals surface area contributed by atoms with Gasteiger partial charge in [-0.1, -0.05) is 17.7 Å². The fourth-order valence-electron chi connectivity index (χ4n) is 1.90. The monoisotopic (exact) mass is 267 g/mol. The van der Waals surface area contributed by atoms with Crippen molar-refractivity contribution in [1.29, 1.82) is 0 Å². The number of rotatable bonds is 4. The Labute approximate surface area is 118 Å². The number of aryl methyl sites for hydroxylation is 1. The minimum Gasteiger partial charge on any atom is -0.367 e. The molecule has 102 valence electrons. The summed E-state index contributed by atoms with van der Waals surface area (Å²) in [5, 5.41) is 6.16. The average molecular weight is 267 g/mol. The first kappa shape index (κ1) is 12.7. The molecule has 0 unspecified atom stereocenters. The zero-order valence-electron chi connectivity index (χ0n) is 11.4. The van der Waals surface area contributed by atoms with E-state index >= 15 is 0 Å². The Bertz CT molecular complexity index is 601. The van der Waals surface area contributed by atoms with Crippen molar-refractivity contribution < 1.29 is 4.79 Å². The van der Waals surface area contributed by atoms with Crippen LogP contribution in [-0.4, -0.2) is 16.9 Å². The molecule has 1 aliphatic carbocycles. The molecule has 0 bridgehead atoms. The van der Waals surface area contributed by atoms with E-state index in [0.717, 1.165) is 11.4 Å². The first-order valence-corrected chi connectivity index (χ1v) is 6.81. The van der Waals surface area contributed by atoms with Crippen molar-refractivity contribution in [1.82, 2.24) is 4.98 Å². The fourth-order valence-corrected chi connectivity index (χ4v) is 1.90. The first-order chi connectivity index (χ1) is 9.70. The summed E-state index contributed by atoms with van der Waals surface area (Å²) in [6.07, 6.45) is 4.11. The van der Waals surface area contributed by atoms with Crippen LogP contribution >= 0.6 is 0 Å². The van der Waals surface area contributed by atoms with E-state index in [1.165, 1.54) is 12.8 Å². The zero-order chi connectivity index (χ0) is 13.9. The molecule has 4 heteroatoms. The molecule has 1 heterocycles. The van der Waals surface area contributed by atoms with Crippen LogP contribution in [0.3, 0.4) is 0 Å². The van der Waals surface area contributed by atoms with E-state index in [-0.39, 0.29) is 5.91 Å². The lowest BCUT2D eigenvalue weighted by atomic mass is 10.1. The van der Waals surface area contributed by atoms with Crippen molar-refractivity contribution in [3.63, 3.8) is 0 Å². The van der Waals surface area contributed by atoms with Gasteiger partial charge < -0.3 is 10.6 Å². The molecule has 0 aliphatic heterocycles. The number of amides is 1. The van der Waals surface area contributed by atoms with Crippen molar-refractivity contribution in [2.45, 2.75) is 25.8 Å². The lowest BCUT2D eigenvalue weighted by Gasteiger charge is -2.07. The number of carbonyl (C=O) groups excluding carboxylic acids is 1. The molecule has 1 aromatic heterocycles. The number of benzene rings is 1. The number of hydrogen-bond donors (Lipinski definition) is 2. The van der Waals surface area contributed by atoms with Gasteiger partial charge in [0.2, 0.25) is 0 Å². The number of hydrogen-bond acceptors (Lipinski definition) is 3. The largest absolute Gasteiger partial charge is 0.367 e. The maximum atomic E-state index is 12.0. The quantitative estimate of drug-likeness (QED) is 0.894. The zero-order valence-corrected chi connectivity index (χ0v) is 11.4. The molecule has 4 nitrogen and oxygen atoms in total. The summed E-state index contributed by atoms with van der Waals surface area (Å²) in [6.45, 7) is 2.00. The maximum Gasteiger partial charge on any atom is 0.255 e. The van der Waals surface area contributed by atoms with Crippen LogP contribution in [0.5, 0.6) is 0 Å². The van der Waals surface area contributed by atoms with Crippen LogP contribution in [0.2, 0.25) is 0 Å². The van der Waals surface area contributed by atoms with Crippen LogP contribution in [0.25, 0.3) is 0 Å². The maximum absolute atomic E-state index is 12.0. The van der Waals surface area contributed by atoms with Crippen LogP contribution in [0.4, 0.5) is 11.5 Å². The first-order valence-electron chi connectivity index (χ1n) is 6.81. The molecule has 0 saturated heterocycles. The summed E-state index contributed by atoms with van der Waals surface area (Å²) < 4.78 is 0. The fraction of sp³-hybridized carbons (Fsp3) is 0.250. The molecule has 1 fully saturated rings. The van der Waals surface area contributed by atoms with Gasteiger partial charge in [-0.2, -0.15) is 0 Å². The summed E-state index contributed by atoms with van der Waals surface area (Å²) in [5.74, 6) is 0.746. The van der Waals surface area contributed by atoms with Gasteiger partial charge in [0, 0.05) is 11.6 Å². The highest BCUT2D eigenvalue weighted by molar-refractivity contribution is 6.04. The van der Waals surface area contributed by atoms with Crippen molar-refractivity contribution in [3.8, 4) is 0 Å². The smallest absolute Gasteiger partial charge is 0.255 e. The predicted octanol–water partition coefficient (Wildman–Crippen LogP) is 3.22.